The van der Waals surface area contributed by atoms with E-state index >= 15 is 0 Å². The molecule has 0 fully saturated rings. The average molecular weight is 126 g/mol. The lowest BCUT2D eigenvalue weighted by atomic mass is 10.3. The van der Waals surface area contributed by atoms with Crippen LogP contribution in [0.15, 0.2) is 17.3 Å². The summed E-state index contributed by atoms with van der Waals surface area (Å²) in [4.78, 5) is 3.12. The quantitative estimate of drug-likeness (QED) is 0.510. The predicted molar refractivity (Wildman–Crippen MR) is 33.5 cm³/mol. The lowest BCUT2D eigenvalue weighted by Crippen LogP contribution is -1.91. The monoisotopic (exact) mass is 126 g/mol. The molecule has 2 N–H and O–H groups in total. The number of hydrogen-bond acceptors (Lipinski definition) is 2. The second-order valence-electron chi connectivity index (χ2n) is 1.76. The molecule has 3 heteroatoms. The molecule has 0 aromatic carbocycles. The first kappa shape index (κ1) is 4.47. The first-order chi connectivity index (χ1) is 3.97. The number of hydrogen-bond donors (Lipinski definition) is 2. The number of rotatable bonds is 0. The maximum Gasteiger partial charge on any atom is 0.0920 e. The van der Waals surface area contributed by atoms with E-state index in [1.807, 2.05) is 6.20 Å². The summed E-state index contributed by atoms with van der Waals surface area (Å²) in [6, 6.07) is 2.10. The Labute approximate surface area is 51.8 Å². The lowest BCUT2D eigenvalue weighted by molar-refractivity contribution is 0.994. The summed E-state index contributed by atoms with van der Waals surface area (Å²) in [5.41, 5.74) is 1.38. The van der Waals surface area contributed by atoms with Gasteiger partial charge in [0, 0.05) is 12.7 Å². The van der Waals surface area contributed by atoms with Crippen molar-refractivity contribution in [1.82, 2.24) is 9.71 Å². The Morgan fingerprint density at radius 2 is 2.62 bits per heavy atom. The third-order valence-corrected chi connectivity index (χ3v) is 2.10. The molecule has 0 saturated carbocycles. The first-order valence-electron chi connectivity index (χ1n) is 2.53. The van der Waals surface area contributed by atoms with Gasteiger partial charge in [-0.05, 0) is 23.6 Å². The van der Waals surface area contributed by atoms with E-state index < -0.39 is 0 Å². The fraction of sp³-hybridized carbons (Fsp3) is 0.200. The van der Waals surface area contributed by atoms with Crippen molar-refractivity contribution in [2.45, 2.75) is 11.6 Å². The molecule has 1 aliphatic rings. The van der Waals surface area contributed by atoms with Crippen LogP contribution in [0.3, 0.4) is 0 Å². The first-order valence-corrected chi connectivity index (χ1v) is 3.34. The lowest BCUT2D eigenvalue weighted by Gasteiger charge is -1.81. The summed E-state index contributed by atoms with van der Waals surface area (Å²) in [6.45, 7) is 1.00. The molecular formula is C5H6N2S. The van der Waals surface area contributed by atoms with Crippen LogP contribution >= 0.6 is 11.9 Å². The Bertz CT molecular complexity index is 176. The van der Waals surface area contributed by atoms with Crippen LogP contribution in [-0.2, 0) is 6.54 Å². The largest absolute Gasteiger partial charge is 0.355 e. The normalized spacial score (nSPS) is 16.5. The second kappa shape index (κ2) is 1.53. The average Bonchev–Trinajstić information content (AvgIpc) is 2.15. The van der Waals surface area contributed by atoms with Crippen molar-refractivity contribution in [2.75, 3.05) is 0 Å². The van der Waals surface area contributed by atoms with E-state index in [-0.39, 0.29) is 0 Å². The van der Waals surface area contributed by atoms with E-state index in [4.69, 9.17) is 0 Å². The second-order valence-corrected chi connectivity index (χ2v) is 2.66. The molecule has 0 bridgehead atoms. The molecule has 0 saturated heterocycles. The molecular weight excluding hydrogens is 120 g/mol. The molecule has 0 aliphatic carbocycles. The molecule has 1 aromatic rings. The van der Waals surface area contributed by atoms with Crippen molar-refractivity contribution < 1.29 is 0 Å². The number of aromatic amines is 1. The number of fused-ring (bicyclic) bond motifs is 1. The van der Waals surface area contributed by atoms with Crippen molar-refractivity contribution in [2.24, 2.45) is 0 Å². The van der Waals surface area contributed by atoms with Gasteiger partial charge in [0.25, 0.3) is 0 Å². The van der Waals surface area contributed by atoms with E-state index in [9.17, 15) is 0 Å². The SMILES string of the molecule is c1cc2c([nH]1)SNC2. The zero-order chi connectivity index (χ0) is 5.40. The van der Waals surface area contributed by atoms with Gasteiger partial charge in [-0.15, -0.1) is 0 Å². The van der Waals surface area contributed by atoms with Gasteiger partial charge in [0.2, 0.25) is 0 Å². The van der Waals surface area contributed by atoms with Gasteiger partial charge in [0.1, 0.15) is 0 Å². The third-order valence-electron chi connectivity index (χ3n) is 1.23. The van der Waals surface area contributed by atoms with Gasteiger partial charge in [-0.25, -0.2) is 0 Å². The fourth-order valence-electron chi connectivity index (χ4n) is 0.807. The third kappa shape index (κ3) is 0.485. The molecule has 2 heterocycles. The zero-order valence-electron chi connectivity index (χ0n) is 4.27. The summed E-state index contributed by atoms with van der Waals surface area (Å²) in [5.74, 6) is 0. The van der Waals surface area contributed by atoms with E-state index in [1.54, 1.807) is 11.9 Å². The van der Waals surface area contributed by atoms with Gasteiger partial charge in [-0.2, -0.15) is 0 Å². The highest BCUT2D eigenvalue weighted by Crippen LogP contribution is 2.24. The molecule has 1 aromatic heterocycles. The van der Waals surface area contributed by atoms with Gasteiger partial charge in [-0.1, -0.05) is 0 Å². The molecule has 0 unspecified atom stereocenters. The highest BCUT2D eigenvalue weighted by atomic mass is 32.2. The minimum atomic E-state index is 1.00. The van der Waals surface area contributed by atoms with Crippen molar-refractivity contribution in [1.29, 1.82) is 0 Å². The molecule has 42 valence electrons. The standard InChI is InChI=1S/C5H6N2S/c1-2-6-5-4(1)3-7-8-5/h1-2,6-7H,3H2. The Morgan fingerprint density at radius 1 is 1.62 bits per heavy atom. The van der Waals surface area contributed by atoms with Gasteiger partial charge < -0.3 is 4.98 Å². The number of aromatic nitrogens is 1. The van der Waals surface area contributed by atoms with Gasteiger partial charge in [-0.3, -0.25) is 4.72 Å². The molecule has 1 aliphatic heterocycles. The van der Waals surface area contributed by atoms with Crippen LogP contribution < -0.4 is 4.72 Å². The molecule has 0 amide bonds. The summed E-state index contributed by atoms with van der Waals surface area (Å²) >= 11 is 1.67. The zero-order valence-corrected chi connectivity index (χ0v) is 5.09. The molecule has 2 nitrogen and oxygen atoms in total. The van der Waals surface area contributed by atoms with Gasteiger partial charge in [0.15, 0.2) is 0 Å². The van der Waals surface area contributed by atoms with Crippen molar-refractivity contribution >= 4 is 11.9 Å². The summed E-state index contributed by atoms with van der Waals surface area (Å²) < 4.78 is 3.15. The van der Waals surface area contributed by atoms with Crippen LogP contribution in [-0.4, -0.2) is 4.98 Å². The molecule has 0 radical (unpaired) electrons. The van der Waals surface area contributed by atoms with Crippen LogP contribution in [0.4, 0.5) is 0 Å². The smallest absolute Gasteiger partial charge is 0.0920 e. The summed E-state index contributed by atoms with van der Waals surface area (Å²) in [7, 11) is 0. The maximum atomic E-state index is 3.15. The van der Waals surface area contributed by atoms with Crippen LogP contribution in [0.5, 0.6) is 0 Å². The Kier molecular flexibility index (Phi) is 0.856. The van der Waals surface area contributed by atoms with Crippen molar-refractivity contribution in [3.05, 3.63) is 17.8 Å². The predicted octanol–water partition coefficient (Wildman–Crippen LogP) is 1.12. The highest BCUT2D eigenvalue weighted by molar-refractivity contribution is 7.97. The van der Waals surface area contributed by atoms with E-state index in [2.05, 4.69) is 15.8 Å². The van der Waals surface area contributed by atoms with E-state index in [0.29, 0.717) is 0 Å². The Hall–Kier alpha value is -0.410. The van der Waals surface area contributed by atoms with Crippen molar-refractivity contribution in [3.63, 3.8) is 0 Å². The molecule has 0 atom stereocenters. The summed E-state index contributed by atoms with van der Waals surface area (Å²) in [5, 5.41) is 1.27. The van der Waals surface area contributed by atoms with Gasteiger partial charge in [0.05, 0.1) is 5.03 Å². The van der Waals surface area contributed by atoms with E-state index in [0.717, 1.165) is 6.54 Å². The maximum absolute atomic E-state index is 3.15. The van der Waals surface area contributed by atoms with Crippen LogP contribution in [0.2, 0.25) is 0 Å². The minimum Gasteiger partial charge on any atom is -0.355 e. The summed E-state index contributed by atoms with van der Waals surface area (Å²) in [6.07, 6.45) is 1.97. The highest BCUT2D eigenvalue weighted by Gasteiger charge is 2.09. The van der Waals surface area contributed by atoms with Crippen LogP contribution in [0.25, 0.3) is 0 Å². The molecule has 2 rings (SSSR count). The molecule has 0 spiro atoms. The Balaban J connectivity index is 2.54. The van der Waals surface area contributed by atoms with E-state index in [1.165, 1.54) is 10.6 Å². The minimum absolute atomic E-state index is 1.00. The number of nitrogens with one attached hydrogen (secondary N) is 2. The van der Waals surface area contributed by atoms with Crippen LogP contribution in [0.1, 0.15) is 5.56 Å². The Morgan fingerprint density at radius 3 is 3.50 bits per heavy atom. The topological polar surface area (TPSA) is 27.8 Å². The fourth-order valence-corrected chi connectivity index (χ4v) is 1.58. The van der Waals surface area contributed by atoms with Crippen LogP contribution in [0, 0.1) is 0 Å². The number of H-pyrrole nitrogens is 1. The van der Waals surface area contributed by atoms with Gasteiger partial charge >= 0.3 is 0 Å². The molecule has 8 heavy (non-hydrogen) atoms. The van der Waals surface area contributed by atoms with Crippen molar-refractivity contribution in [3.8, 4) is 0 Å².